The minimum Gasteiger partial charge on any atom is -0.335 e. The molecule has 1 unspecified atom stereocenters. The fourth-order valence-corrected chi connectivity index (χ4v) is 1.44. The van der Waals surface area contributed by atoms with Crippen molar-refractivity contribution < 1.29 is 9.18 Å². The van der Waals surface area contributed by atoms with E-state index in [2.05, 4.69) is 10.6 Å². The predicted octanol–water partition coefficient (Wildman–Crippen LogP) is 2.07. The fourth-order valence-electron chi connectivity index (χ4n) is 1.44. The molecular weight excluding hydrogens is 221 g/mol. The third-order valence-electron chi connectivity index (χ3n) is 2.34. The number of nitrogens with two attached hydrogens (primary N) is 1. The van der Waals surface area contributed by atoms with Gasteiger partial charge in [0.1, 0.15) is 5.82 Å². The molecule has 0 aliphatic heterocycles. The van der Waals surface area contributed by atoms with Crippen molar-refractivity contribution in [3.8, 4) is 0 Å². The number of halogens is 1. The Morgan fingerprint density at radius 2 is 2.18 bits per heavy atom. The van der Waals surface area contributed by atoms with E-state index in [9.17, 15) is 9.18 Å². The highest BCUT2D eigenvalue weighted by molar-refractivity contribution is 5.89. The number of benzene rings is 1. The van der Waals surface area contributed by atoms with Crippen molar-refractivity contribution in [1.29, 1.82) is 0 Å². The Morgan fingerprint density at radius 1 is 1.47 bits per heavy atom. The topological polar surface area (TPSA) is 67.1 Å². The number of hydrogen-bond donors (Lipinski definition) is 3. The lowest BCUT2D eigenvalue weighted by Gasteiger charge is -2.14. The number of nitrogens with one attached hydrogen (secondary N) is 2. The monoisotopic (exact) mass is 239 g/mol. The smallest absolute Gasteiger partial charge is 0.319 e. The second-order valence-electron chi connectivity index (χ2n) is 3.91. The minimum atomic E-state index is -0.447. The van der Waals surface area contributed by atoms with Crippen LogP contribution < -0.4 is 16.4 Å². The Hall–Kier alpha value is -1.62. The number of carbonyl (C=O) groups excluding carboxylic acids is 1. The van der Waals surface area contributed by atoms with E-state index in [0.717, 1.165) is 12.8 Å². The number of rotatable bonds is 5. The van der Waals surface area contributed by atoms with Crippen LogP contribution in [-0.2, 0) is 0 Å². The summed E-state index contributed by atoms with van der Waals surface area (Å²) in [4.78, 5) is 11.5. The normalized spacial score (nSPS) is 11.9. The molecule has 0 aliphatic carbocycles. The lowest BCUT2D eigenvalue weighted by atomic mass is 10.2. The van der Waals surface area contributed by atoms with Crippen molar-refractivity contribution in [3.63, 3.8) is 0 Å². The summed E-state index contributed by atoms with van der Waals surface area (Å²) >= 11 is 0. The molecule has 1 aromatic carbocycles. The Kier molecular flexibility index (Phi) is 5.42. The van der Waals surface area contributed by atoms with Gasteiger partial charge in [-0.3, -0.25) is 0 Å². The third-order valence-corrected chi connectivity index (χ3v) is 2.34. The molecule has 1 atom stereocenters. The molecule has 0 saturated carbocycles. The van der Waals surface area contributed by atoms with Crippen LogP contribution >= 0.6 is 0 Å². The molecule has 4 N–H and O–H groups in total. The molecule has 0 aromatic heterocycles. The van der Waals surface area contributed by atoms with Crippen LogP contribution in [0.15, 0.2) is 24.3 Å². The summed E-state index contributed by atoms with van der Waals surface area (Å²) in [5.74, 6) is -0.447. The van der Waals surface area contributed by atoms with Gasteiger partial charge in [-0.1, -0.05) is 12.1 Å². The highest BCUT2D eigenvalue weighted by Crippen LogP contribution is 2.11. The van der Waals surface area contributed by atoms with Gasteiger partial charge in [-0.15, -0.1) is 0 Å². The van der Waals surface area contributed by atoms with Crippen LogP contribution in [0.25, 0.3) is 0 Å². The van der Waals surface area contributed by atoms with Crippen molar-refractivity contribution in [2.75, 3.05) is 11.9 Å². The molecule has 1 rings (SSSR count). The average molecular weight is 239 g/mol. The number of carbonyl (C=O) groups is 1. The van der Waals surface area contributed by atoms with Gasteiger partial charge in [0.2, 0.25) is 0 Å². The standard InChI is InChI=1S/C12H18FN3O/c1-9(5-4-8-14)15-12(17)16-11-7-3-2-6-10(11)13/h2-3,6-7,9H,4-5,8,14H2,1H3,(H2,15,16,17). The van der Waals surface area contributed by atoms with Crippen molar-refractivity contribution >= 4 is 11.7 Å². The van der Waals surface area contributed by atoms with Crippen LogP contribution in [0.4, 0.5) is 14.9 Å². The molecule has 0 spiro atoms. The van der Waals surface area contributed by atoms with Gasteiger partial charge in [-0.05, 0) is 38.4 Å². The zero-order valence-corrected chi connectivity index (χ0v) is 9.87. The second kappa shape index (κ2) is 6.85. The summed E-state index contributed by atoms with van der Waals surface area (Å²) in [5, 5.41) is 5.18. The molecule has 0 fully saturated rings. The van der Waals surface area contributed by atoms with Gasteiger partial charge in [0.25, 0.3) is 0 Å². The number of urea groups is 1. The summed E-state index contributed by atoms with van der Waals surface area (Å²) in [5.41, 5.74) is 5.55. The first-order valence-corrected chi connectivity index (χ1v) is 5.65. The van der Waals surface area contributed by atoms with Gasteiger partial charge in [0.05, 0.1) is 5.69 Å². The van der Waals surface area contributed by atoms with E-state index >= 15 is 0 Å². The fraction of sp³-hybridized carbons (Fsp3) is 0.417. The summed E-state index contributed by atoms with van der Waals surface area (Å²) in [7, 11) is 0. The van der Waals surface area contributed by atoms with Crippen molar-refractivity contribution in [2.24, 2.45) is 5.73 Å². The number of hydrogen-bond acceptors (Lipinski definition) is 2. The first-order chi connectivity index (χ1) is 8.13. The van der Waals surface area contributed by atoms with Crippen molar-refractivity contribution in [1.82, 2.24) is 5.32 Å². The van der Waals surface area contributed by atoms with Gasteiger partial charge in [0.15, 0.2) is 0 Å². The highest BCUT2D eigenvalue weighted by atomic mass is 19.1. The zero-order valence-electron chi connectivity index (χ0n) is 9.87. The van der Waals surface area contributed by atoms with E-state index in [1.807, 2.05) is 6.92 Å². The largest absolute Gasteiger partial charge is 0.335 e. The molecule has 0 saturated heterocycles. The van der Waals surface area contributed by atoms with Crippen LogP contribution in [0.5, 0.6) is 0 Å². The molecule has 0 heterocycles. The van der Waals surface area contributed by atoms with E-state index in [-0.39, 0.29) is 11.7 Å². The molecule has 4 nitrogen and oxygen atoms in total. The van der Waals surface area contributed by atoms with Gasteiger partial charge >= 0.3 is 6.03 Å². The summed E-state index contributed by atoms with van der Waals surface area (Å²) in [6.07, 6.45) is 1.66. The third kappa shape index (κ3) is 4.82. The first-order valence-electron chi connectivity index (χ1n) is 5.65. The predicted molar refractivity (Wildman–Crippen MR) is 66.3 cm³/mol. The summed E-state index contributed by atoms with van der Waals surface area (Å²) in [6, 6.07) is 5.66. The first kappa shape index (κ1) is 13.4. The minimum absolute atomic E-state index is 0.0188. The van der Waals surface area contributed by atoms with Gasteiger partial charge in [-0.25, -0.2) is 9.18 Å². The maximum atomic E-state index is 13.2. The molecular formula is C12H18FN3O. The molecule has 94 valence electrons. The maximum Gasteiger partial charge on any atom is 0.319 e. The number of amides is 2. The van der Waals surface area contributed by atoms with Gasteiger partial charge in [0, 0.05) is 6.04 Å². The Morgan fingerprint density at radius 3 is 2.82 bits per heavy atom. The SMILES string of the molecule is CC(CCCN)NC(=O)Nc1ccccc1F. The summed E-state index contributed by atoms with van der Waals surface area (Å²) < 4.78 is 13.2. The number of para-hydroxylation sites is 1. The molecule has 0 radical (unpaired) electrons. The van der Waals surface area contributed by atoms with Crippen molar-refractivity contribution in [2.45, 2.75) is 25.8 Å². The van der Waals surface area contributed by atoms with E-state index in [4.69, 9.17) is 5.73 Å². The van der Waals surface area contributed by atoms with E-state index in [0.29, 0.717) is 6.54 Å². The van der Waals surface area contributed by atoms with Crippen LogP contribution in [-0.4, -0.2) is 18.6 Å². The average Bonchev–Trinajstić information content (AvgIpc) is 2.29. The lowest BCUT2D eigenvalue weighted by molar-refractivity contribution is 0.248. The molecule has 0 aliphatic rings. The lowest BCUT2D eigenvalue weighted by Crippen LogP contribution is -2.36. The van der Waals surface area contributed by atoms with Crippen molar-refractivity contribution in [3.05, 3.63) is 30.1 Å². The summed E-state index contributed by atoms with van der Waals surface area (Å²) in [6.45, 7) is 2.48. The van der Waals surface area contributed by atoms with Crippen LogP contribution in [0.3, 0.4) is 0 Å². The number of anilines is 1. The molecule has 5 heteroatoms. The van der Waals surface area contributed by atoms with Crippen LogP contribution in [0.1, 0.15) is 19.8 Å². The highest BCUT2D eigenvalue weighted by Gasteiger charge is 2.08. The Labute approximate surface area is 100 Å². The molecule has 0 bridgehead atoms. The van der Waals surface area contributed by atoms with E-state index < -0.39 is 11.8 Å². The Bertz CT molecular complexity index is 371. The molecule has 17 heavy (non-hydrogen) atoms. The van der Waals surface area contributed by atoms with Crippen LogP contribution in [0.2, 0.25) is 0 Å². The van der Waals surface area contributed by atoms with E-state index in [1.165, 1.54) is 12.1 Å². The van der Waals surface area contributed by atoms with Gasteiger partial charge < -0.3 is 16.4 Å². The quantitative estimate of drug-likeness (QED) is 0.736. The Balaban J connectivity index is 2.42. The molecule has 1 aromatic rings. The maximum absolute atomic E-state index is 13.2. The van der Waals surface area contributed by atoms with Crippen LogP contribution in [0, 0.1) is 5.82 Å². The van der Waals surface area contributed by atoms with Gasteiger partial charge in [-0.2, -0.15) is 0 Å². The zero-order chi connectivity index (χ0) is 12.7. The van der Waals surface area contributed by atoms with E-state index in [1.54, 1.807) is 12.1 Å². The second-order valence-corrected chi connectivity index (χ2v) is 3.91. The molecule has 2 amide bonds.